The van der Waals surface area contributed by atoms with Crippen LogP contribution in [-0.4, -0.2) is 30.5 Å². The van der Waals surface area contributed by atoms with Crippen molar-refractivity contribution in [2.45, 2.75) is 39.0 Å². The number of carbonyl (C=O) groups is 2. The van der Waals surface area contributed by atoms with Gasteiger partial charge in [0.05, 0.1) is 17.1 Å². The minimum absolute atomic E-state index is 0.0107. The minimum atomic E-state index is -0.568. The number of amides is 1. The first kappa shape index (κ1) is 24.4. The summed E-state index contributed by atoms with van der Waals surface area (Å²) in [6.45, 7) is 1.80. The molecule has 1 fully saturated rings. The van der Waals surface area contributed by atoms with Crippen molar-refractivity contribution in [2.75, 3.05) is 19.0 Å². The fraction of sp³-hybridized carbons (Fsp3) is 0.440. The van der Waals surface area contributed by atoms with Gasteiger partial charge in [-0.25, -0.2) is 4.39 Å². The summed E-state index contributed by atoms with van der Waals surface area (Å²) >= 11 is 3.13. The molecule has 0 bridgehead atoms. The molecule has 0 aliphatic heterocycles. The molecule has 1 atom stereocenters. The Labute approximate surface area is 196 Å². The van der Waals surface area contributed by atoms with Gasteiger partial charge in [-0.1, -0.05) is 12.1 Å². The first-order chi connectivity index (χ1) is 15.3. The van der Waals surface area contributed by atoms with Gasteiger partial charge in [-0.05, 0) is 84.6 Å². The van der Waals surface area contributed by atoms with Gasteiger partial charge in [0.25, 0.3) is 0 Å². The quantitative estimate of drug-likeness (QED) is 0.462. The molecule has 1 aliphatic rings. The Morgan fingerprint density at radius 3 is 2.59 bits per heavy atom. The number of Topliss-reactive ketones (excluding diaryl/α,β-unsaturated/α-hetero) is 1. The topological polar surface area (TPSA) is 75.6 Å². The highest BCUT2D eigenvalue weighted by molar-refractivity contribution is 9.10. The molecule has 2 aromatic carbocycles. The van der Waals surface area contributed by atoms with E-state index in [2.05, 4.69) is 21.2 Å². The van der Waals surface area contributed by atoms with Crippen LogP contribution in [0.25, 0.3) is 0 Å². The molecule has 0 radical (unpaired) electrons. The number of hydrogen-bond donors (Lipinski definition) is 2. The van der Waals surface area contributed by atoms with Crippen LogP contribution < -0.4 is 10.1 Å². The monoisotopic (exact) mass is 505 g/mol. The van der Waals surface area contributed by atoms with Gasteiger partial charge >= 0.3 is 0 Å². The Kier molecular flexibility index (Phi) is 8.43. The van der Waals surface area contributed by atoms with E-state index in [-0.39, 0.29) is 46.6 Å². The van der Waals surface area contributed by atoms with Crippen molar-refractivity contribution in [3.05, 3.63) is 57.8 Å². The zero-order valence-electron chi connectivity index (χ0n) is 18.4. The summed E-state index contributed by atoms with van der Waals surface area (Å²) in [5.74, 6) is -0.773. The van der Waals surface area contributed by atoms with Gasteiger partial charge in [0.2, 0.25) is 5.91 Å². The average molecular weight is 506 g/mol. The maximum atomic E-state index is 14.5. The van der Waals surface area contributed by atoms with Gasteiger partial charge in [-0.3, -0.25) is 9.59 Å². The Morgan fingerprint density at radius 2 is 1.94 bits per heavy atom. The molecule has 7 heteroatoms. The van der Waals surface area contributed by atoms with Crippen LogP contribution >= 0.6 is 15.9 Å². The van der Waals surface area contributed by atoms with E-state index in [1.54, 1.807) is 25.3 Å². The fourth-order valence-corrected chi connectivity index (χ4v) is 4.91. The SMILES string of the molecule is COc1cc(NC(=O)C2CCC(C(CCO)C(=O)c3cccc(Br)c3F)CC2)ccc1C. The van der Waals surface area contributed by atoms with Crippen LogP contribution in [-0.2, 0) is 4.79 Å². The molecule has 32 heavy (non-hydrogen) atoms. The fourth-order valence-electron chi connectivity index (χ4n) is 4.54. The molecule has 0 aromatic heterocycles. The number of ether oxygens (including phenoxy) is 1. The second-order valence-corrected chi connectivity index (χ2v) is 9.22. The van der Waals surface area contributed by atoms with Crippen LogP contribution in [0.5, 0.6) is 5.75 Å². The second kappa shape index (κ2) is 11.1. The van der Waals surface area contributed by atoms with Crippen molar-refractivity contribution >= 4 is 33.3 Å². The van der Waals surface area contributed by atoms with Crippen LogP contribution in [0.15, 0.2) is 40.9 Å². The van der Waals surface area contributed by atoms with Gasteiger partial charge in [-0.15, -0.1) is 0 Å². The number of aryl methyl sites for hydroxylation is 1. The summed E-state index contributed by atoms with van der Waals surface area (Å²) < 4.78 is 20.0. The zero-order valence-corrected chi connectivity index (χ0v) is 20.0. The third-order valence-corrected chi connectivity index (χ3v) is 6.99. The number of carbonyl (C=O) groups excluding carboxylic acids is 2. The molecule has 2 aromatic rings. The van der Waals surface area contributed by atoms with Crippen LogP contribution in [0.3, 0.4) is 0 Å². The predicted molar refractivity (Wildman–Crippen MR) is 125 cm³/mol. The smallest absolute Gasteiger partial charge is 0.227 e. The molecule has 172 valence electrons. The highest BCUT2D eigenvalue weighted by Crippen LogP contribution is 2.37. The van der Waals surface area contributed by atoms with E-state index in [4.69, 9.17) is 4.74 Å². The first-order valence-corrected chi connectivity index (χ1v) is 11.7. The number of anilines is 1. The third-order valence-electron chi connectivity index (χ3n) is 6.38. The Balaban J connectivity index is 1.64. The molecule has 1 aliphatic carbocycles. The van der Waals surface area contributed by atoms with Gasteiger partial charge in [0.15, 0.2) is 5.78 Å². The number of ketones is 1. The van der Waals surface area contributed by atoms with Gasteiger partial charge in [-0.2, -0.15) is 0 Å². The van der Waals surface area contributed by atoms with Crippen molar-refractivity contribution in [2.24, 2.45) is 17.8 Å². The van der Waals surface area contributed by atoms with E-state index in [0.29, 0.717) is 31.4 Å². The summed E-state index contributed by atoms with van der Waals surface area (Å²) in [6.07, 6.45) is 2.95. The minimum Gasteiger partial charge on any atom is -0.496 e. The normalized spacial score (nSPS) is 19.3. The van der Waals surface area contributed by atoms with Gasteiger partial charge in [0.1, 0.15) is 11.6 Å². The Bertz CT molecular complexity index is 972. The molecule has 0 heterocycles. The van der Waals surface area contributed by atoms with Crippen LogP contribution in [0.1, 0.15) is 48.0 Å². The molecule has 5 nitrogen and oxygen atoms in total. The van der Waals surface area contributed by atoms with Gasteiger partial charge < -0.3 is 15.2 Å². The second-order valence-electron chi connectivity index (χ2n) is 8.37. The highest BCUT2D eigenvalue weighted by atomic mass is 79.9. The average Bonchev–Trinajstić information content (AvgIpc) is 2.80. The highest BCUT2D eigenvalue weighted by Gasteiger charge is 2.35. The van der Waals surface area contributed by atoms with Crippen molar-refractivity contribution < 1.29 is 23.8 Å². The number of nitrogens with one attached hydrogen (secondary N) is 1. The van der Waals surface area contributed by atoms with E-state index in [9.17, 15) is 19.1 Å². The summed E-state index contributed by atoms with van der Waals surface area (Å²) in [5.41, 5.74) is 1.73. The molecule has 1 saturated carbocycles. The van der Waals surface area contributed by atoms with Gasteiger partial charge in [0, 0.05) is 30.2 Å². The number of hydrogen-bond acceptors (Lipinski definition) is 4. The van der Waals surface area contributed by atoms with E-state index in [1.165, 1.54) is 6.07 Å². The lowest BCUT2D eigenvalue weighted by molar-refractivity contribution is -0.121. The van der Waals surface area contributed by atoms with E-state index in [0.717, 1.165) is 11.3 Å². The molecule has 0 spiro atoms. The molecule has 2 N–H and O–H groups in total. The van der Waals surface area contributed by atoms with Crippen LogP contribution in [0, 0.1) is 30.5 Å². The van der Waals surface area contributed by atoms with Crippen molar-refractivity contribution in [1.82, 2.24) is 0 Å². The van der Waals surface area contributed by atoms with E-state index < -0.39 is 11.7 Å². The van der Waals surface area contributed by atoms with Crippen molar-refractivity contribution in [1.29, 1.82) is 0 Å². The number of aliphatic hydroxyl groups is 1. The molecular formula is C25H29BrFNO4. The Morgan fingerprint density at radius 1 is 1.22 bits per heavy atom. The number of methoxy groups -OCH3 is 1. The molecular weight excluding hydrogens is 477 g/mol. The largest absolute Gasteiger partial charge is 0.496 e. The lowest BCUT2D eigenvalue weighted by Gasteiger charge is -2.32. The summed E-state index contributed by atoms with van der Waals surface area (Å²) in [7, 11) is 1.60. The molecule has 1 unspecified atom stereocenters. The third kappa shape index (κ3) is 5.56. The number of rotatable bonds is 8. The molecule has 3 rings (SSSR count). The maximum Gasteiger partial charge on any atom is 0.227 e. The first-order valence-electron chi connectivity index (χ1n) is 10.9. The number of benzene rings is 2. The van der Waals surface area contributed by atoms with E-state index >= 15 is 0 Å². The predicted octanol–water partition coefficient (Wildman–Crippen LogP) is 5.53. The summed E-state index contributed by atoms with van der Waals surface area (Å²) in [4.78, 5) is 25.9. The lowest BCUT2D eigenvalue weighted by Crippen LogP contribution is -2.33. The maximum absolute atomic E-state index is 14.5. The van der Waals surface area contributed by atoms with Crippen LogP contribution in [0.2, 0.25) is 0 Å². The molecule has 0 saturated heterocycles. The van der Waals surface area contributed by atoms with E-state index in [1.807, 2.05) is 19.1 Å². The van der Waals surface area contributed by atoms with Crippen molar-refractivity contribution in [3.63, 3.8) is 0 Å². The van der Waals surface area contributed by atoms with Crippen LogP contribution in [0.4, 0.5) is 10.1 Å². The Hall–Kier alpha value is -2.25. The standard InChI is InChI=1S/C25H29BrFNO4/c1-15-6-11-18(14-22(15)32-2)28-25(31)17-9-7-16(8-10-17)19(12-13-29)24(30)20-4-3-5-21(26)23(20)27/h3-6,11,14,16-17,19,29H,7-10,12-13H2,1-2H3,(H,28,31). The number of aliphatic hydroxyl groups excluding tert-OH is 1. The zero-order chi connectivity index (χ0) is 23.3. The summed E-state index contributed by atoms with van der Waals surface area (Å²) in [5, 5.41) is 12.5. The lowest BCUT2D eigenvalue weighted by atomic mass is 9.72. The number of halogens is 2. The summed E-state index contributed by atoms with van der Waals surface area (Å²) in [6, 6.07) is 10.2. The van der Waals surface area contributed by atoms with Crippen molar-refractivity contribution in [3.8, 4) is 5.75 Å². The molecule has 1 amide bonds.